The molecular weight excluding hydrogens is 262 g/mol. The number of rotatable bonds is 7. The number of nitriles is 1. The van der Waals surface area contributed by atoms with Crippen LogP contribution in [0.3, 0.4) is 0 Å². The molecule has 0 fully saturated rings. The number of nitrogens with one attached hydrogen (secondary N) is 1. The molecular formula is C16H19N5. The maximum atomic E-state index is 8.85. The molecule has 2 heterocycles. The number of nitrogens with zero attached hydrogens (tertiary/aromatic N) is 4. The second kappa shape index (κ2) is 7.85. The smallest absolute Gasteiger partial charge is 0.131 e. The molecule has 0 aliphatic heterocycles. The fourth-order valence-electron chi connectivity index (χ4n) is 2.05. The van der Waals surface area contributed by atoms with Crippen molar-refractivity contribution in [3.63, 3.8) is 0 Å². The lowest BCUT2D eigenvalue weighted by Gasteiger charge is -2.23. The lowest BCUT2D eigenvalue weighted by atomic mass is 10.2. The van der Waals surface area contributed by atoms with Crippen LogP contribution in [0, 0.1) is 11.3 Å². The molecule has 0 amide bonds. The first kappa shape index (κ1) is 14.8. The van der Waals surface area contributed by atoms with Crippen molar-refractivity contribution in [1.29, 1.82) is 5.26 Å². The van der Waals surface area contributed by atoms with Crippen molar-refractivity contribution in [2.75, 3.05) is 23.3 Å². The Bertz CT molecular complexity index is 591. The molecule has 5 nitrogen and oxygen atoms in total. The van der Waals surface area contributed by atoms with E-state index >= 15 is 0 Å². The number of anilines is 2. The molecule has 0 saturated carbocycles. The Morgan fingerprint density at radius 2 is 2.19 bits per heavy atom. The van der Waals surface area contributed by atoms with E-state index in [2.05, 4.69) is 26.3 Å². The molecule has 0 radical (unpaired) electrons. The summed E-state index contributed by atoms with van der Waals surface area (Å²) in [6.45, 7) is 4.21. The molecule has 0 aromatic carbocycles. The van der Waals surface area contributed by atoms with Crippen LogP contribution in [0.2, 0.25) is 0 Å². The van der Waals surface area contributed by atoms with Gasteiger partial charge in [-0.1, -0.05) is 12.1 Å². The maximum Gasteiger partial charge on any atom is 0.131 e. The summed E-state index contributed by atoms with van der Waals surface area (Å²) in [5.41, 5.74) is 1.10. The van der Waals surface area contributed by atoms with Crippen LogP contribution in [-0.4, -0.2) is 23.1 Å². The van der Waals surface area contributed by atoms with E-state index in [1.807, 2.05) is 43.5 Å². The number of hydrogen-bond donors (Lipinski definition) is 1. The fraction of sp³-hybridized carbons (Fsp3) is 0.312. The Kier molecular flexibility index (Phi) is 5.53. The van der Waals surface area contributed by atoms with Crippen molar-refractivity contribution < 1.29 is 0 Å². The Balaban J connectivity index is 2.19. The molecule has 0 atom stereocenters. The van der Waals surface area contributed by atoms with E-state index in [1.54, 1.807) is 6.20 Å². The first-order valence-corrected chi connectivity index (χ1v) is 7.05. The predicted molar refractivity (Wildman–Crippen MR) is 83.9 cm³/mol. The number of pyridine rings is 2. The Hall–Kier alpha value is -2.61. The van der Waals surface area contributed by atoms with Crippen molar-refractivity contribution in [2.45, 2.75) is 19.9 Å². The summed E-state index contributed by atoms with van der Waals surface area (Å²) < 4.78 is 0. The lowest BCUT2D eigenvalue weighted by molar-refractivity contribution is 0.780. The van der Waals surface area contributed by atoms with Gasteiger partial charge >= 0.3 is 0 Å². The summed E-state index contributed by atoms with van der Waals surface area (Å²) in [6.07, 6.45) is 4.06. The SMILES string of the molecule is CCNc1cccc(N(CCC#N)Cc2cccnc2)n1. The third-order valence-electron chi connectivity index (χ3n) is 3.01. The molecule has 0 bridgehead atoms. The largest absolute Gasteiger partial charge is 0.370 e. The Labute approximate surface area is 125 Å². The highest BCUT2D eigenvalue weighted by atomic mass is 15.2. The van der Waals surface area contributed by atoms with Crippen molar-refractivity contribution in [3.05, 3.63) is 48.3 Å². The highest BCUT2D eigenvalue weighted by Gasteiger charge is 2.09. The van der Waals surface area contributed by atoms with Crippen LogP contribution in [0.15, 0.2) is 42.7 Å². The first-order chi connectivity index (χ1) is 10.3. The average molecular weight is 281 g/mol. The van der Waals surface area contributed by atoms with Gasteiger partial charge in [0.25, 0.3) is 0 Å². The molecule has 2 aromatic heterocycles. The first-order valence-electron chi connectivity index (χ1n) is 7.05. The predicted octanol–water partition coefficient (Wildman–Crippen LogP) is 2.83. The standard InChI is InChI=1S/C16H19N5/c1-2-19-15-7-3-8-16(20-15)21(11-5-9-17)13-14-6-4-10-18-12-14/h3-4,6-8,10,12H,2,5,11,13H2,1H3,(H,19,20). The minimum absolute atomic E-state index is 0.466. The van der Waals surface area contributed by atoms with Gasteiger partial charge in [0, 0.05) is 32.0 Å². The van der Waals surface area contributed by atoms with E-state index < -0.39 is 0 Å². The summed E-state index contributed by atoms with van der Waals surface area (Å²) in [5.74, 6) is 1.72. The molecule has 0 saturated heterocycles. The minimum atomic E-state index is 0.466. The van der Waals surface area contributed by atoms with Gasteiger partial charge in [0.1, 0.15) is 11.6 Å². The normalized spacial score (nSPS) is 9.90. The average Bonchev–Trinajstić information content (AvgIpc) is 2.53. The number of hydrogen-bond acceptors (Lipinski definition) is 5. The quantitative estimate of drug-likeness (QED) is 0.845. The molecule has 5 heteroatoms. The van der Waals surface area contributed by atoms with Crippen molar-refractivity contribution in [2.24, 2.45) is 0 Å². The monoisotopic (exact) mass is 281 g/mol. The van der Waals surface area contributed by atoms with Gasteiger partial charge in [0.2, 0.25) is 0 Å². The van der Waals surface area contributed by atoms with E-state index in [0.717, 1.165) is 23.7 Å². The van der Waals surface area contributed by atoms with E-state index in [9.17, 15) is 0 Å². The van der Waals surface area contributed by atoms with Crippen LogP contribution in [-0.2, 0) is 6.54 Å². The second-order valence-corrected chi connectivity index (χ2v) is 4.60. The Morgan fingerprint density at radius 3 is 2.90 bits per heavy atom. The van der Waals surface area contributed by atoms with Gasteiger partial charge in [-0.15, -0.1) is 0 Å². The van der Waals surface area contributed by atoms with Crippen LogP contribution in [0.1, 0.15) is 18.9 Å². The van der Waals surface area contributed by atoms with Crippen LogP contribution in [0.5, 0.6) is 0 Å². The molecule has 0 aliphatic rings. The van der Waals surface area contributed by atoms with Crippen molar-refractivity contribution in [1.82, 2.24) is 9.97 Å². The Morgan fingerprint density at radius 1 is 1.29 bits per heavy atom. The van der Waals surface area contributed by atoms with Gasteiger partial charge in [-0.2, -0.15) is 5.26 Å². The second-order valence-electron chi connectivity index (χ2n) is 4.60. The molecule has 2 aromatic rings. The molecule has 0 aliphatic carbocycles. The van der Waals surface area contributed by atoms with Gasteiger partial charge in [0.05, 0.1) is 12.5 Å². The van der Waals surface area contributed by atoms with E-state index in [0.29, 0.717) is 19.5 Å². The zero-order chi connectivity index (χ0) is 14.9. The maximum absolute atomic E-state index is 8.85. The molecule has 21 heavy (non-hydrogen) atoms. The summed E-state index contributed by atoms with van der Waals surface area (Å²) in [4.78, 5) is 10.8. The van der Waals surface area contributed by atoms with Gasteiger partial charge in [0.15, 0.2) is 0 Å². The highest BCUT2D eigenvalue weighted by Crippen LogP contribution is 2.17. The fourth-order valence-corrected chi connectivity index (χ4v) is 2.05. The molecule has 108 valence electrons. The summed E-state index contributed by atoms with van der Waals surface area (Å²) in [6, 6.07) is 12.0. The summed E-state index contributed by atoms with van der Waals surface area (Å²) >= 11 is 0. The number of aromatic nitrogens is 2. The van der Waals surface area contributed by atoms with E-state index in [1.165, 1.54) is 0 Å². The third-order valence-corrected chi connectivity index (χ3v) is 3.01. The van der Waals surface area contributed by atoms with Crippen LogP contribution >= 0.6 is 0 Å². The molecule has 0 spiro atoms. The highest BCUT2D eigenvalue weighted by molar-refractivity contribution is 5.47. The zero-order valence-corrected chi connectivity index (χ0v) is 12.2. The van der Waals surface area contributed by atoms with Crippen LogP contribution < -0.4 is 10.2 Å². The topological polar surface area (TPSA) is 64.8 Å². The van der Waals surface area contributed by atoms with Gasteiger partial charge in [-0.3, -0.25) is 4.98 Å². The van der Waals surface area contributed by atoms with E-state index in [4.69, 9.17) is 5.26 Å². The van der Waals surface area contributed by atoms with E-state index in [-0.39, 0.29) is 0 Å². The molecule has 1 N–H and O–H groups in total. The minimum Gasteiger partial charge on any atom is -0.370 e. The third kappa shape index (κ3) is 4.46. The van der Waals surface area contributed by atoms with Gasteiger partial charge in [-0.25, -0.2) is 4.98 Å². The van der Waals surface area contributed by atoms with Crippen molar-refractivity contribution in [3.8, 4) is 6.07 Å². The van der Waals surface area contributed by atoms with Crippen LogP contribution in [0.4, 0.5) is 11.6 Å². The van der Waals surface area contributed by atoms with Crippen molar-refractivity contribution >= 4 is 11.6 Å². The summed E-state index contributed by atoms with van der Waals surface area (Å²) in [5, 5.41) is 12.1. The van der Waals surface area contributed by atoms with Gasteiger partial charge < -0.3 is 10.2 Å². The van der Waals surface area contributed by atoms with Gasteiger partial charge in [-0.05, 0) is 30.7 Å². The molecule has 2 rings (SSSR count). The van der Waals surface area contributed by atoms with Crippen LogP contribution in [0.25, 0.3) is 0 Å². The molecule has 0 unspecified atom stereocenters. The summed E-state index contributed by atoms with van der Waals surface area (Å²) in [7, 11) is 0. The lowest BCUT2D eigenvalue weighted by Crippen LogP contribution is -2.25. The zero-order valence-electron chi connectivity index (χ0n) is 12.2.